The van der Waals surface area contributed by atoms with Gasteiger partial charge < -0.3 is 30.0 Å². The Hall–Kier alpha value is -1.67. The molecule has 162 valence electrons. The first-order valence-electron chi connectivity index (χ1n) is 10.6. The molecule has 2 fully saturated rings. The van der Waals surface area contributed by atoms with Crippen molar-refractivity contribution in [3.63, 3.8) is 0 Å². The third-order valence-corrected chi connectivity index (χ3v) is 5.79. The Bertz CT molecular complexity index is 641. The van der Waals surface area contributed by atoms with Crippen LogP contribution in [0.5, 0.6) is 0 Å². The molecule has 2 aliphatic heterocycles. The Labute approximate surface area is 173 Å². The van der Waals surface area contributed by atoms with Crippen molar-refractivity contribution in [3.05, 3.63) is 35.4 Å². The molecule has 0 amide bonds. The van der Waals surface area contributed by atoms with Gasteiger partial charge >= 0.3 is 0 Å². The number of ether oxygens (including phenoxy) is 3. The van der Waals surface area contributed by atoms with Gasteiger partial charge in [0.15, 0.2) is 5.96 Å². The average Bonchev–Trinajstić information content (AvgIpc) is 3.22. The van der Waals surface area contributed by atoms with Crippen LogP contribution in [-0.2, 0) is 27.4 Å². The monoisotopic (exact) mass is 405 g/mol. The van der Waals surface area contributed by atoms with Gasteiger partial charge in [-0.1, -0.05) is 24.3 Å². The van der Waals surface area contributed by atoms with Gasteiger partial charge in [-0.15, -0.1) is 0 Å². The number of hydrogen-bond acceptors (Lipinski definition) is 5. The number of guanidine groups is 1. The van der Waals surface area contributed by atoms with Crippen LogP contribution in [0, 0.1) is 5.41 Å². The van der Waals surface area contributed by atoms with Gasteiger partial charge in [-0.25, -0.2) is 0 Å². The lowest BCUT2D eigenvalue weighted by atomic mass is 9.84. The molecule has 0 saturated carbocycles. The molecule has 2 saturated heterocycles. The molecule has 0 aliphatic carbocycles. The third kappa shape index (κ3) is 6.96. The average molecular weight is 406 g/mol. The van der Waals surface area contributed by atoms with Crippen LogP contribution in [0.3, 0.4) is 0 Å². The molecule has 29 heavy (non-hydrogen) atoms. The van der Waals surface area contributed by atoms with E-state index in [0.717, 1.165) is 58.0 Å². The highest BCUT2D eigenvalue weighted by Gasteiger charge is 2.34. The van der Waals surface area contributed by atoms with Crippen LogP contribution in [0.25, 0.3) is 0 Å². The van der Waals surface area contributed by atoms with Crippen LogP contribution in [0.2, 0.25) is 0 Å². The fourth-order valence-corrected chi connectivity index (χ4v) is 3.88. The van der Waals surface area contributed by atoms with Crippen LogP contribution in [0.1, 0.15) is 36.8 Å². The third-order valence-electron chi connectivity index (χ3n) is 5.79. The molecular weight excluding hydrogens is 370 g/mol. The Morgan fingerprint density at radius 1 is 1.21 bits per heavy atom. The lowest BCUT2D eigenvalue weighted by Crippen LogP contribution is -2.44. The van der Waals surface area contributed by atoms with Crippen LogP contribution >= 0.6 is 0 Å². The van der Waals surface area contributed by atoms with E-state index in [1.165, 1.54) is 11.1 Å². The highest BCUT2D eigenvalue weighted by molar-refractivity contribution is 5.79. The SMILES string of the molecule is CN=C(NCc1cccc(COC2CCOCC2)c1)NCC1(CCO)CCOC1. The first kappa shape index (κ1) is 22.0. The first-order chi connectivity index (χ1) is 14.2. The standard InChI is InChI=1S/C22H35N3O4/c1-23-21(25-16-22(7-9-26)8-12-28-17-22)24-14-18-3-2-4-19(13-18)15-29-20-5-10-27-11-6-20/h2-4,13,20,26H,5-12,14-17H2,1H3,(H2,23,24,25). The maximum atomic E-state index is 9.37. The second kappa shape index (κ2) is 11.5. The molecular formula is C22H35N3O4. The molecule has 0 radical (unpaired) electrons. The van der Waals surface area contributed by atoms with E-state index in [9.17, 15) is 5.11 Å². The van der Waals surface area contributed by atoms with Gasteiger partial charge in [0.05, 0.1) is 19.3 Å². The van der Waals surface area contributed by atoms with Gasteiger partial charge in [0.25, 0.3) is 0 Å². The Morgan fingerprint density at radius 2 is 2.03 bits per heavy atom. The number of nitrogens with zero attached hydrogens (tertiary/aromatic N) is 1. The van der Waals surface area contributed by atoms with Gasteiger partial charge in [-0.3, -0.25) is 4.99 Å². The van der Waals surface area contributed by atoms with Crippen molar-refractivity contribution in [1.82, 2.24) is 10.6 Å². The summed E-state index contributed by atoms with van der Waals surface area (Å²) < 4.78 is 17.0. The predicted octanol–water partition coefficient (Wildman–Crippen LogP) is 1.84. The zero-order chi connectivity index (χ0) is 20.4. The van der Waals surface area contributed by atoms with Gasteiger partial charge in [-0.05, 0) is 36.8 Å². The molecule has 1 aromatic rings. The van der Waals surface area contributed by atoms with Crippen LogP contribution < -0.4 is 10.6 Å². The van der Waals surface area contributed by atoms with Crippen molar-refractivity contribution in [1.29, 1.82) is 0 Å². The second-order valence-corrected chi connectivity index (χ2v) is 8.00. The van der Waals surface area contributed by atoms with E-state index in [0.29, 0.717) is 25.9 Å². The Balaban J connectivity index is 1.45. The van der Waals surface area contributed by atoms with Crippen LogP contribution in [0.15, 0.2) is 29.3 Å². The molecule has 1 atom stereocenters. The van der Waals surface area contributed by atoms with E-state index in [2.05, 4.69) is 39.9 Å². The normalized spacial score (nSPS) is 23.3. The predicted molar refractivity (Wildman–Crippen MR) is 113 cm³/mol. The maximum Gasteiger partial charge on any atom is 0.191 e. The summed E-state index contributed by atoms with van der Waals surface area (Å²) in [6.45, 7) is 5.29. The van der Waals surface area contributed by atoms with Gasteiger partial charge in [-0.2, -0.15) is 0 Å². The molecule has 2 aliphatic rings. The maximum absolute atomic E-state index is 9.37. The van der Waals surface area contributed by atoms with Crippen molar-refractivity contribution in [2.45, 2.75) is 44.9 Å². The summed E-state index contributed by atoms with van der Waals surface area (Å²) >= 11 is 0. The molecule has 1 unspecified atom stereocenters. The fourth-order valence-electron chi connectivity index (χ4n) is 3.88. The summed E-state index contributed by atoms with van der Waals surface area (Å²) in [5, 5.41) is 16.2. The van der Waals surface area contributed by atoms with Gasteiger partial charge in [0.1, 0.15) is 0 Å². The minimum absolute atomic E-state index is 0.00617. The first-order valence-corrected chi connectivity index (χ1v) is 10.6. The number of benzene rings is 1. The second-order valence-electron chi connectivity index (χ2n) is 8.00. The van der Waals surface area contributed by atoms with E-state index in [1.54, 1.807) is 7.05 Å². The zero-order valence-corrected chi connectivity index (χ0v) is 17.5. The molecule has 0 spiro atoms. The molecule has 7 nitrogen and oxygen atoms in total. The molecule has 7 heteroatoms. The van der Waals surface area contributed by atoms with Crippen molar-refractivity contribution in [3.8, 4) is 0 Å². The Morgan fingerprint density at radius 3 is 2.76 bits per heavy atom. The summed E-state index contributed by atoms with van der Waals surface area (Å²) in [5.41, 5.74) is 2.37. The topological polar surface area (TPSA) is 84.3 Å². The van der Waals surface area contributed by atoms with E-state index < -0.39 is 0 Å². The van der Waals surface area contributed by atoms with Crippen LogP contribution in [0.4, 0.5) is 0 Å². The number of aliphatic hydroxyl groups is 1. The van der Waals surface area contributed by atoms with Gasteiger partial charge in [0, 0.05) is 52.0 Å². The molecule has 2 heterocycles. The van der Waals surface area contributed by atoms with E-state index in [1.807, 2.05) is 0 Å². The van der Waals surface area contributed by atoms with Gasteiger partial charge in [0.2, 0.25) is 0 Å². The van der Waals surface area contributed by atoms with Crippen molar-refractivity contribution < 1.29 is 19.3 Å². The highest BCUT2D eigenvalue weighted by Crippen LogP contribution is 2.31. The van der Waals surface area contributed by atoms with Crippen LogP contribution in [-0.4, -0.2) is 63.8 Å². The fraction of sp³-hybridized carbons (Fsp3) is 0.682. The van der Waals surface area contributed by atoms with E-state index in [4.69, 9.17) is 14.2 Å². The number of hydrogen-bond donors (Lipinski definition) is 3. The van der Waals surface area contributed by atoms with E-state index in [-0.39, 0.29) is 12.0 Å². The number of aliphatic imine (C=N–C) groups is 1. The summed E-state index contributed by atoms with van der Waals surface area (Å²) in [6.07, 6.45) is 3.97. The van der Waals surface area contributed by atoms with Crippen molar-refractivity contribution in [2.24, 2.45) is 10.4 Å². The molecule has 0 bridgehead atoms. The molecule has 3 N–H and O–H groups in total. The minimum atomic E-state index is -0.00617. The quantitative estimate of drug-likeness (QED) is 0.429. The minimum Gasteiger partial charge on any atom is -0.396 e. The lowest BCUT2D eigenvalue weighted by molar-refractivity contribution is -0.0390. The van der Waals surface area contributed by atoms with Crippen molar-refractivity contribution >= 4 is 5.96 Å². The summed E-state index contributed by atoms with van der Waals surface area (Å²) in [7, 11) is 1.78. The number of aliphatic hydroxyl groups excluding tert-OH is 1. The highest BCUT2D eigenvalue weighted by atomic mass is 16.5. The number of rotatable bonds is 9. The molecule has 0 aromatic heterocycles. The summed E-state index contributed by atoms with van der Waals surface area (Å²) in [5.74, 6) is 0.762. The van der Waals surface area contributed by atoms with E-state index >= 15 is 0 Å². The summed E-state index contributed by atoms with van der Waals surface area (Å²) in [4.78, 5) is 4.33. The zero-order valence-electron chi connectivity index (χ0n) is 17.5. The Kier molecular flexibility index (Phi) is 8.73. The lowest BCUT2D eigenvalue weighted by Gasteiger charge is -2.27. The summed E-state index contributed by atoms with van der Waals surface area (Å²) in [6, 6.07) is 8.46. The smallest absolute Gasteiger partial charge is 0.191 e. The van der Waals surface area contributed by atoms with Crippen molar-refractivity contribution in [2.75, 3.05) is 46.6 Å². The molecule has 1 aromatic carbocycles. The largest absolute Gasteiger partial charge is 0.396 e. The molecule has 3 rings (SSSR count). The number of nitrogens with one attached hydrogen (secondary N) is 2.